The van der Waals surface area contributed by atoms with Crippen molar-refractivity contribution in [2.75, 3.05) is 52.4 Å². The molecule has 28 heavy (non-hydrogen) atoms. The third-order valence-electron chi connectivity index (χ3n) is 5.45. The molecule has 0 bridgehead atoms. The normalized spacial score (nSPS) is 18.6. The summed E-state index contributed by atoms with van der Waals surface area (Å²) in [4.78, 5) is 42.7. The van der Waals surface area contributed by atoms with E-state index in [0.29, 0.717) is 38.2 Å². The molecule has 1 N–H and O–H groups in total. The average Bonchev–Trinajstić information content (AvgIpc) is 3.11. The van der Waals surface area contributed by atoms with Crippen LogP contribution in [0.15, 0.2) is 16.8 Å². The van der Waals surface area contributed by atoms with Crippen LogP contribution in [0, 0.1) is 0 Å². The number of hydrogen-bond donors (Lipinski definition) is 1. The Balaban J connectivity index is 1.33. The SMILES string of the molecule is O=C(NCCC(=O)N1CCN(CC(=O)N2CCCCCC2)CC1)c1ccsc1. The molecule has 2 fully saturated rings. The number of hydrogen-bond acceptors (Lipinski definition) is 5. The molecular formula is C20H30N4O3S. The van der Waals surface area contributed by atoms with E-state index in [0.717, 1.165) is 39.0 Å². The van der Waals surface area contributed by atoms with Crippen molar-refractivity contribution in [3.63, 3.8) is 0 Å². The second kappa shape index (κ2) is 10.6. The molecule has 0 aromatic carbocycles. The molecule has 3 rings (SSSR count). The van der Waals surface area contributed by atoms with E-state index in [9.17, 15) is 14.4 Å². The predicted molar refractivity (Wildman–Crippen MR) is 109 cm³/mol. The summed E-state index contributed by atoms with van der Waals surface area (Å²) in [7, 11) is 0. The van der Waals surface area contributed by atoms with E-state index < -0.39 is 0 Å². The van der Waals surface area contributed by atoms with Gasteiger partial charge in [0.15, 0.2) is 0 Å². The predicted octanol–water partition coefficient (Wildman–Crippen LogP) is 1.41. The van der Waals surface area contributed by atoms with Crippen LogP contribution in [0.2, 0.25) is 0 Å². The first-order valence-corrected chi connectivity index (χ1v) is 11.2. The summed E-state index contributed by atoms with van der Waals surface area (Å²) in [6.07, 6.45) is 4.97. The van der Waals surface area contributed by atoms with Crippen LogP contribution in [-0.2, 0) is 9.59 Å². The number of carbonyl (C=O) groups is 3. The molecule has 1 aromatic heterocycles. The van der Waals surface area contributed by atoms with Crippen molar-refractivity contribution in [2.24, 2.45) is 0 Å². The first kappa shape index (κ1) is 20.8. The first-order chi connectivity index (χ1) is 13.6. The van der Waals surface area contributed by atoms with Gasteiger partial charge in [0.25, 0.3) is 5.91 Å². The molecule has 8 heteroatoms. The Morgan fingerprint density at radius 2 is 1.57 bits per heavy atom. The van der Waals surface area contributed by atoms with E-state index in [4.69, 9.17) is 0 Å². The lowest BCUT2D eigenvalue weighted by Crippen LogP contribution is -2.52. The molecule has 3 heterocycles. The lowest BCUT2D eigenvalue weighted by molar-refractivity contribution is -0.135. The lowest BCUT2D eigenvalue weighted by atomic mass is 10.2. The molecular weight excluding hydrogens is 376 g/mol. The third-order valence-corrected chi connectivity index (χ3v) is 6.13. The quantitative estimate of drug-likeness (QED) is 0.775. The molecule has 2 aliphatic heterocycles. The van der Waals surface area contributed by atoms with Crippen LogP contribution in [0.1, 0.15) is 42.5 Å². The van der Waals surface area contributed by atoms with E-state index in [2.05, 4.69) is 10.2 Å². The fourth-order valence-electron chi connectivity index (χ4n) is 3.70. The van der Waals surface area contributed by atoms with Crippen LogP contribution in [0.25, 0.3) is 0 Å². The van der Waals surface area contributed by atoms with Gasteiger partial charge in [0.05, 0.1) is 6.54 Å². The van der Waals surface area contributed by atoms with Crippen molar-refractivity contribution in [3.8, 4) is 0 Å². The van der Waals surface area contributed by atoms with Gasteiger partial charge in [-0.1, -0.05) is 12.8 Å². The van der Waals surface area contributed by atoms with Crippen molar-refractivity contribution in [1.82, 2.24) is 20.0 Å². The van der Waals surface area contributed by atoms with Gasteiger partial charge in [-0.3, -0.25) is 19.3 Å². The van der Waals surface area contributed by atoms with E-state index in [-0.39, 0.29) is 17.7 Å². The summed E-state index contributed by atoms with van der Waals surface area (Å²) in [6.45, 7) is 5.32. The standard InChI is InChI=1S/C20H30N4O3S/c25-18(5-7-21-20(27)17-6-14-28-16-17)24-12-10-22(11-13-24)15-19(26)23-8-3-1-2-4-9-23/h6,14,16H,1-5,7-13,15H2,(H,21,27). The van der Waals surface area contributed by atoms with Crippen molar-refractivity contribution in [3.05, 3.63) is 22.4 Å². The second-order valence-electron chi connectivity index (χ2n) is 7.47. The Bertz CT molecular complexity index is 648. The smallest absolute Gasteiger partial charge is 0.252 e. The number of piperazine rings is 1. The topological polar surface area (TPSA) is 73.0 Å². The van der Waals surface area contributed by atoms with Gasteiger partial charge in [-0.25, -0.2) is 0 Å². The molecule has 0 atom stereocenters. The van der Waals surface area contributed by atoms with E-state index in [1.54, 1.807) is 11.4 Å². The van der Waals surface area contributed by atoms with Crippen molar-refractivity contribution < 1.29 is 14.4 Å². The fraction of sp³-hybridized carbons (Fsp3) is 0.650. The summed E-state index contributed by atoms with van der Waals surface area (Å²) < 4.78 is 0. The van der Waals surface area contributed by atoms with Crippen LogP contribution >= 0.6 is 11.3 Å². The summed E-state index contributed by atoms with van der Waals surface area (Å²) in [5, 5.41) is 6.44. The molecule has 2 aliphatic rings. The molecule has 2 saturated heterocycles. The minimum atomic E-state index is -0.133. The Morgan fingerprint density at radius 1 is 0.893 bits per heavy atom. The zero-order valence-corrected chi connectivity index (χ0v) is 17.2. The van der Waals surface area contributed by atoms with Gasteiger partial charge in [-0.2, -0.15) is 11.3 Å². The second-order valence-corrected chi connectivity index (χ2v) is 8.25. The molecule has 0 saturated carbocycles. The molecule has 3 amide bonds. The summed E-state index contributed by atoms with van der Waals surface area (Å²) in [5.41, 5.74) is 0.639. The van der Waals surface area contributed by atoms with Gasteiger partial charge in [0, 0.05) is 63.2 Å². The van der Waals surface area contributed by atoms with Gasteiger partial charge in [-0.05, 0) is 24.3 Å². The molecule has 7 nitrogen and oxygen atoms in total. The maximum absolute atomic E-state index is 12.5. The van der Waals surface area contributed by atoms with E-state index >= 15 is 0 Å². The third kappa shape index (κ3) is 6.04. The van der Waals surface area contributed by atoms with Gasteiger partial charge in [-0.15, -0.1) is 0 Å². The number of thiophene rings is 1. The summed E-state index contributed by atoms with van der Waals surface area (Å²) in [6, 6.07) is 1.77. The highest BCUT2D eigenvalue weighted by molar-refractivity contribution is 7.08. The maximum atomic E-state index is 12.5. The maximum Gasteiger partial charge on any atom is 0.252 e. The van der Waals surface area contributed by atoms with E-state index in [1.165, 1.54) is 24.2 Å². The number of likely N-dealkylation sites (tertiary alicyclic amines) is 1. The van der Waals surface area contributed by atoms with Gasteiger partial charge in [0.1, 0.15) is 0 Å². The average molecular weight is 407 g/mol. The Morgan fingerprint density at radius 3 is 2.21 bits per heavy atom. The van der Waals surface area contributed by atoms with Gasteiger partial charge in [0.2, 0.25) is 11.8 Å². The number of rotatable bonds is 6. The molecule has 0 unspecified atom stereocenters. The van der Waals surface area contributed by atoms with Crippen LogP contribution < -0.4 is 5.32 Å². The molecule has 154 valence electrons. The van der Waals surface area contributed by atoms with Crippen molar-refractivity contribution >= 4 is 29.1 Å². The monoisotopic (exact) mass is 406 g/mol. The highest BCUT2D eigenvalue weighted by Gasteiger charge is 2.24. The first-order valence-electron chi connectivity index (χ1n) is 10.2. The molecule has 0 spiro atoms. The number of amides is 3. The van der Waals surface area contributed by atoms with Crippen LogP contribution in [0.3, 0.4) is 0 Å². The summed E-state index contributed by atoms with van der Waals surface area (Å²) in [5.74, 6) is 0.146. The van der Waals surface area contributed by atoms with Crippen LogP contribution in [0.4, 0.5) is 0 Å². The highest BCUT2D eigenvalue weighted by atomic mass is 32.1. The number of carbonyl (C=O) groups excluding carboxylic acids is 3. The minimum absolute atomic E-state index is 0.0594. The molecule has 0 aliphatic carbocycles. The Labute approximate surface area is 170 Å². The van der Waals surface area contributed by atoms with Gasteiger partial charge >= 0.3 is 0 Å². The molecule has 1 aromatic rings. The Kier molecular flexibility index (Phi) is 7.85. The zero-order chi connectivity index (χ0) is 19.8. The zero-order valence-electron chi connectivity index (χ0n) is 16.4. The Hall–Kier alpha value is -1.93. The van der Waals surface area contributed by atoms with Crippen molar-refractivity contribution in [2.45, 2.75) is 32.1 Å². The highest BCUT2D eigenvalue weighted by Crippen LogP contribution is 2.11. The number of nitrogens with zero attached hydrogens (tertiary/aromatic N) is 3. The van der Waals surface area contributed by atoms with Crippen LogP contribution in [0.5, 0.6) is 0 Å². The lowest BCUT2D eigenvalue weighted by Gasteiger charge is -2.35. The van der Waals surface area contributed by atoms with Crippen molar-refractivity contribution in [1.29, 1.82) is 0 Å². The fourth-order valence-corrected chi connectivity index (χ4v) is 4.34. The van der Waals surface area contributed by atoms with Crippen LogP contribution in [-0.4, -0.2) is 84.8 Å². The minimum Gasteiger partial charge on any atom is -0.351 e. The van der Waals surface area contributed by atoms with Gasteiger partial charge < -0.3 is 15.1 Å². The van der Waals surface area contributed by atoms with E-state index in [1.807, 2.05) is 15.2 Å². The number of nitrogens with one attached hydrogen (secondary N) is 1. The largest absolute Gasteiger partial charge is 0.351 e. The summed E-state index contributed by atoms with van der Waals surface area (Å²) >= 11 is 1.48. The molecule has 0 radical (unpaired) electrons.